The van der Waals surface area contributed by atoms with Crippen molar-refractivity contribution in [2.45, 2.75) is 0 Å². The van der Waals surface area contributed by atoms with Crippen molar-refractivity contribution in [3.63, 3.8) is 0 Å². The number of aliphatic carboxylic acids is 3. The van der Waals surface area contributed by atoms with E-state index in [4.69, 9.17) is 0 Å². The molecule has 0 aliphatic carbocycles. The third-order valence-electron chi connectivity index (χ3n) is 0.597. The van der Waals surface area contributed by atoms with E-state index < -0.39 is 17.9 Å². The second kappa shape index (κ2) is 22.8. The van der Waals surface area contributed by atoms with Gasteiger partial charge in [0.05, 0.1) is 17.9 Å². The van der Waals surface area contributed by atoms with E-state index in [0.717, 1.165) is 18.2 Å². The number of carbonyl (C=O) groups is 3. The maximum absolute atomic E-state index is 9.37. The molecule has 0 spiro atoms. The van der Waals surface area contributed by atoms with Gasteiger partial charge in [-0.05, 0) is 33.2 Å². The fourth-order valence-electron chi connectivity index (χ4n) is 0.154. The van der Waals surface area contributed by atoms with Gasteiger partial charge in [-0.25, -0.2) is 0 Å². The number of hydrogen-bond donors (Lipinski definition) is 0. The van der Waals surface area contributed by atoms with E-state index in [-0.39, 0.29) is 17.4 Å². The molecular weight excluding hydrogens is 471 g/mol. The molecule has 0 aromatic carbocycles. The number of hydrogen-bond acceptors (Lipinski definition) is 6. The average molecular weight is 477 g/mol. The van der Waals surface area contributed by atoms with Crippen LogP contribution in [0.4, 0.5) is 0 Å². The van der Waals surface area contributed by atoms with E-state index >= 15 is 0 Å². The predicted molar refractivity (Wildman–Crippen MR) is 75.0 cm³/mol. The summed E-state index contributed by atoms with van der Waals surface area (Å²) in [6.07, 6.45) is 2.67. The van der Waals surface area contributed by atoms with Gasteiger partial charge in [0.1, 0.15) is 0 Å². The molecule has 6 nitrogen and oxygen atoms in total. The first-order valence-corrected chi connectivity index (χ1v) is 6.49. The molecule has 10 heteroatoms. The van der Waals surface area contributed by atoms with Crippen molar-refractivity contribution in [1.29, 1.82) is 0 Å². The molecule has 0 unspecified atom stereocenters. The molecular formula is C9H6AlBr3O6. The van der Waals surface area contributed by atoms with Crippen molar-refractivity contribution < 1.29 is 29.7 Å². The van der Waals surface area contributed by atoms with Gasteiger partial charge in [-0.15, -0.1) is 0 Å². The van der Waals surface area contributed by atoms with Crippen LogP contribution in [0.25, 0.3) is 0 Å². The Labute approximate surface area is 145 Å². The van der Waals surface area contributed by atoms with Gasteiger partial charge in [0, 0.05) is 0 Å². The van der Waals surface area contributed by atoms with Crippen molar-refractivity contribution in [3.05, 3.63) is 33.2 Å². The maximum Gasteiger partial charge on any atom is 3.00 e. The molecule has 0 rings (SSSR count). The summed E-state index contributed by atoms with van der Waals surface area (Å²) in [5.74, 6) is -3.56. The average Bonchev–Trinajstić information content (AvgIpc) is 2.18. The first-order valence-electron chi connectivity index (χ1n) is 3.75. The summed E-state index contributed by atoms with van der Waals surface area (Å²) >= 11 is 8.25. The summed E-state index contributed by atoms with van der Waals surface area (Å²) < 4.78 is 0. The van der Waals surface area contributed by atoms with Gasteiger partial charge in [0.15, 0.2) is 0 Å². The van der Waals surface area contributed by atoms with Gasteiger partial charge >= 0.3 is 17.4 Å². The minimum atomic E-state index is -1.19. The summed E-state index contributed by atoms with van der Waals surface area (Å²) in [6, 6.07) is 0. The Morgan fingerprint density at radius 2 is 0.789 bits per heavy atom. The molecule has 0 bridgehead atoms. The molecule has 0 N–H and O–H groups in total. The van der Waals surface area contributed by atoms with E-state index in [1.165, 1.54) is 15.0 Å². The molecule has 0 radical (unpaired) electrons. The second-order valence-corrected chi connectivity index (χ2v) is 3.42. The number of carboxylic acids is 3. The maximum atomic E-state index is 9.37. The molecule has 0 amide bonds. The van der Waals surface area contributed by atoms with E-state index in [2.05, 4.69) is 47.8 Å². The molecule has 0 aromatic heterocycles. The van der Waals surface area contributed by atoms with Crippen LogP contribution in [-0.2, 0) is 14.4 Å². The third kappa shape index (κ3) is 57.9. The predicted octanol–water partition coefficient (Wildman–Crippen LogP) is -1.45. The molecule has 0 heterocycles. The Bertz CT molecular complexity index is 289. The van der Waals surface area contributed by atoms with Crippen molar-refractivity contribution in [2.24, 2.45) is 0 Å². The summed E-state index contributed by atoms with van der Waals surface area (Å²) in [5, 5.41) is 28.1. The zero-order chi connectivity index (χ0) is 15.0. The zero-order valence-electron chi connectivity index (χ0n) is 9.12. The van der Waals surface area contributed by atoms with Crippen LogP contribution in [0.5, 0.6) is 0 Å². The van der Waals surface area contributed by atoms with Gasteiger partial charge in [-0.1, -0.05) is 47.8 Å². The molecule has 0 saturated heterocycles. The molecule has 0 saturated carbocycles. The van der Waals surface area contributed by atoms with Crippen LogP contribution in [0.2, 0.25) is 0 Å². The van der Waals surface area contributed by atoms with Crippen LogP contribution in [0, 0.1) is 0 Å². The zero-order valence-corrected chi connectivity index (χ0v) is 15.0. The van der Waals surface area contributed by atoms with Crippen molar-refractivity contribution >= 4 is 83.1 Å². The summed E-state index contributed by atoms with van der Waals surface area (Å²) in [5.41, 5.74) is 0. The van der Waals surface area contributed by atoms with Crippen molar-refractivity contribution in [3.8, 4) is 0 Å². The second-order valence-electron chi connectivity index (χ2n) is 1.84. The van der Waals surface area contributed by atoms with Gasteiger partial charge in [-0.2, -0.15) is 0 Å². The Hall–Kier alpha value is -0.398. The Kier molecular flexibility index (Phi) is 32.4. The van der Waals surface area contributed by atoms with E-state index in [1.807, 2.05) is 0 Å². The molecule has 19 heavy (non-hydrogen) atoms. The van der Waals surface area contributed by atoms with E-state index in [1.54, 1.807) is 0 Å². The van der Waals surface area contributed by atoms with Crippen LogP contribution in [0.15, 0.2) is 33.2 Å². The van der Waals surface area contributed by atoms with Crippen LogP contribution >= 0.6 is 47.8 Å². The molecule has 102 valence electrons. The Balaban J connectivity index is -0.0000000865. The van der Waals surface area contributed by atoms with Crippen LogP contribution in [0.1, 0.15) is 0 Å². The number of carboxylic acid groups (broad SMARTS) is 3. The standard InChI is InChI=1S/3C3H3BrO2.Al/c3*4-2-1-3(5)6;/h3*1-2H,(H,5,6);/q;;;+3/p-3. The Morgan fingerprint density at radius 1 is 0.632 bits per heavy atom. The van der Waals surface area contributed by atoms with E-state index in [0.29, 0.717) is 0 Å². The van der Waals surface area contributed by atoms with Crippen LogP contribution in [-0.4, -0.2) is 35.3 Å². The Morgan fingerprint density at radius 3 is 0.789 bits per heavy atom. The van der Waals surface area contributed by atoms with Gasteiger partial charge < -0.3 is 29.7 Å². The third-order valence-corrected chi connectivity index (χ3v) is 1.39. The van der Waals surface area contributed by atoms with Crippen molar-refractivity contribution in [2.75, 3.05) is 0 Å². The summed E-state index contributed by atoms with van der Waals surface area (Å²) in [4.78, 5) is 31.8. The SMILES string of the molecule is O=C([O-])C=CBr.O=C([O-])C=CBr.O=C([O-])C=CBr.[Al+3]. The van der Waals surface area contributed by atoms with Crippen LogP contribution in [0.3, 0.4) is 0 Å². The minimum Gasteiger partial charge on any atom is -0.545 e. The molecule has 0 aliphatic heterocycles. The van der Waals surface area contributed by atoms with Gasteiger partial charge in [-0.3, -0.25) is 0 Å². The minimum absolute atomic E-state index is 0. The summed E-state index contributed by atoms with van der Waals surface area (Å²) in [7, 11) is 0. The van der Waals surface area contributed by atoms with Gasteiger partial charge in [0.25, 0.3) is 0 Å². The van der Waals surface area contributed by atoms with Crippen LogP contribution < -0.4 is 15.3 Å². The normalized spacial score (nSPS) is 9.00. The van der Waals surface area contributed by atoms with Crippen molar-refractivity contribution in [1.82, 2.24) is 0 Å². The molecule has 0 atom stereocenters. The quantitative estimate of drug-likeness (QED) is 0.363. The number of halogens is 3. The number of rotatable bonds is 3. The monoisotopic (exact) mass is 474 g/mol. The number of carbonyl (C=O) groups excluding carboxylic acids is 3. The largest absolute Gasteiger partial charge is 3.00 e. The summed E-state index contributed by atoms with van der Waals surface area (Å²) in [6.45, 7) is 0. The fraction of sp³-hybridized carbons (Fsp3) is 0. The first-order chi connectivity index (χ1) is 8.31. The smallest absolute Gasteiger partial charge is 0.545 e. The van der Waals surface area contributed by atoms with E-state index in [9.17, 15) is 29.7 Å². The molecule has 0 aromatic rings. The fourth-order valence-corrected chi connectivity index (χ4v) is 0.802. The molecule has 0 fully saturated rings. The van der Waals surface area contributed by atoms with Gasteiger partial charge in [0.2, 0.25) is 0 Å². The molecule has 0 aliphatic rings. The first kappa shape index (κ1) is 27.0. The topological polar surface area (TPSA) is 120 Å².